The van der Waals surface area contributed by atoms with E-state index in [-0.39, 0.29) is 34.8 Å². The lowest BCUT2D eigenvalue weighted by Gasteiger charge is -2.37. The molecule has 1 aromatic heterocycles. The van der Waals surface area contributed by atoms with E-state index in [9.17, 15) is 9.59 Å². The van der Waals surface area contributed by atoms with Crippen LogP contribution in [0.5, 0.6) is 0 Å². The third-order valence-corrected chi connectivity index (χ3v) is 6.73. The Bertz CT molecular complexity index is 1030. The van der Waals surface area contributed by atoms with Crippen LogP contribution in [0.25, 0.3) is 0 Å². The smallest absolute Gasteiger partial charge is 0.295 e. The van der Waals surface area contributed by atoms with Crippen LogP contribution in [0.2, 0.25) is 0 Å². The normalized spacial score (nSPS) is 28.8. The van der Waals surface area contributed by atoms with Crippen LogP contribution in [0.15, 0.2) is 64.5 Å². The van der Waals surface area contributed by atoms with Crippen molar-refractivity contribution in [2.45, 2.75) is 36.8 Å². The summed E-state index contributed by atoms with van der Waals surface area (Å²) in [6.07, 6.45) is 3.39. The molecule has 1 aromatic carbocycles. The first-order valence-corrected chi connectivity index (χ1v) is 10.9. The molecule has 2 aliphatic heterocycles. The number of anilines is 1. The van der Waals surface area contributed by atoms with E-state index in [2.05, 4.69) is 20.9 Å². The largest absolute Gasteiger partial charge is 0.483 e. The van der Waals surface area contributed by atoms with E-state index in [4.69, 9.17) is 16.3 Å². The summed E-state index contributed by atoms with van der Waals surface area (Å²) >= 11 is 9.85. The Morgan fingerprint density at radius 2 is 2.00 bits per heavy atom. The molecule has 4 atom stereocenters. The first-order valence-electron chi connectivity index (χ1n) is 9.63. The van der Waals surface area contributed by atoms with Gasteiger partial charge in [-0.1, -0.05) is 34.1 Å². The minimum Gasteiger partial charge on any atom is -0.483 e. The van der Waals surface area contributed by atoms with E-state index in [0.29, 0.717) is 24.2 Å². The van der Waals surface area contributed by atoms with Crippen molar-refractivity contribution in [2.75, 3.05) is 4.90 Å². The maximum Gasteiger partial charge on any atom is 0.295 e. The number of halogens is 2. The number of hydrogen-bond acceptors (Lipinski definition) is 4. The lowest BCUT2D eigenvalue weighted by molar-refractivity contribution is -0.131. The van der Waals surface area contributed by atoms with Gasteiger partial charge < -0.3 is 4.74 Å². The molecule has 2 aromatic rings. The van der Waals surface area contributed by atoms with Gasteiger partial charge in [0.05, 0.1) is 17.5 Å². The zero-order valence-corrected chi connectivity index (χ0v) is 17.8. The van der Waals surface area contributed by atoms with E-state index in [1.165, 1.54) is 0 Å². The molecule has 7 heteroatoms. The third kappa shape index (κ3) is 3.09. The number of aromatic nitrogens is 1. The Morgan fingerprint density at radius 3 is 2.76 bits per heavy atom. The van der Waals surface area contributed by atoms with E-state index >= 15 is 0 Å². The van der Waals surface area contributed by atoms with Crippen molar-refractivity contribution in [3.05, 3.63) is 70.0 Å². The Hall–Kier alpha value is -2.18. The van der Waals surface area contributed by atoms with Gasteiger partial charge in [-0.25, -0.2) is 4.98 Å². The number of benzene rings is 1. The summed E-state index contributed by atoms with van der Waals surface area (Å²) in [5.41, 5.74) is 1.25. The van der Waals surface area contributed by atoms with Gasteiger partial charge in [-0.2, -0.15) is 0 Å². The SMILES string of the molecule is O=C1C2=C(OC3CCC(Cl)CC13)C(=O)N(c1ccccn1)C2c1cccc(Br)c1. The summed E-state index contributed by atoms with van der Waals surface area (Å²) in [6.45, 7) is 0. The average Bonchev–Trinajstić information content (AvgIpc) is 3.02. The number of alkyl halides is 1. The highest BCUT2D eigenvalue weighted by Crippen LogP contribution is 2.48. The van der Waals surface area contributed by atoms with Crippen molar-refractivity contribution in [2.24, 2.45) is 5.92 Å². The quantitative estimate of drug-likeness (QED) is 0.600. The van der Waals surface area contributed by atoms with Gasteiger partial charge >= 0.3 is 0 Å². The summed E-state index contributed by atoms with van der Waals surface area (Å²) in [5, 5.41) is -0.0423. The molecule has 0 bridgehead atoms. The Kier molecular flexibility index (Phi) is 4.71. The number of carbonyl (C=O) groups excluding carboxylic acids is 2. The van der Waals surface area contributed by atoms with E-state index < -0.39 is 6.04 Å². The molecule has 4 unspecified atom stereocenters. The summed E-state index contributed by atoms with van der Waals surface area (Å²) in [4.78, 5) is 32.9. The number of carbonyl (C=O) groups is 2. The molecule has 1 amide bonds. The summed E-state index contributed by atoms with van der Waals surface area (Å²) in [5.74, 6) is 0.00401. The number of Topliss-reactive ketones (excluding diaryl/α,β-unsaturated/α-hetero) is 1. The van der Waals surface area contributed by atoms with E-state index in [1.54, 1.807) is 23.2 Å². The van der Waals surface area contributed by atoms with Crippen molar-refractivity contribution in [1.82, 2.24) is 4.98 Å². The number of amides is 1. The molecule has 1 aliphatic carbocycles. The number of rotatable bonds is 2. The molecule has 0 spiro atoms. The third-order valence-electron chi connectivity index (χ3n) is 5.84. The van der Waals surface area contributed by atoms with Crippen LogP contribution in [0.1, 0.15) is 30.9 Å². The van der Waals surface area contributed by atoms with Crippen LogP contribution in [0.3, 0.4) is 0 Å². The Labute approximate surface area is 181 Å². The molecule has 0 N–H and O–H groups in total. The molecule has 1 fully saturated rings. The molecule has 148 valence electrons. The fraction of sp³-hybridized carbons (Fsp3) is 0.318. The summed E-state index contributed by atoms with van der Waals surface area (Å²) in [7, 11) is 0. The predicted octanol–water partition coefficient (Wildman–Crippen LogP) is 4.56. The maximum absolute atomic E-state index is 13.6. The van der Waals surface area contributed by atoms with E-state index in [1.807, 2.05) is 30.3 Å². The molecule has 0 radical (unpaired) electrons. The molecule has 3 heterocycles. The van der Waals surface area contributed by atoms with Gasteiger partial charge in [-0.15, -0.1) is 11.6 Å². The fourth-order valence-electron chi connectivity index (χ4n) is 4.54. The highest BCUT2D eigenvalue weighted by molar-refractivity contribution is 9.10. The molecular formula is C22H18BrClN2O3. The number of ketones is 1. The Balaban J connectivity index is 1.66. The lowest BCUT2D eigenvalue weighted by atomic mass is 9.77. The number of hydrogen-bond donors (Lipinski definition) is 0. The van der Waals surface area contributed by atoms with Gasteiger partial charge in [0.2, 0.25) is 0 Å². The van der Waals surface area contributed by atoms with Crippen LogP contribution in [0, 0.1) is 5.92 Å². The maximum atomic E-state index is 13.6. The van der Waals surface area contributed by atoms with Gasteiger partial charge in [0.15, 0.2) is 11.5 Å². The molecule has 0 saturated heterocycles. The van der Waals surface area contributed by atoms with Gasteiger partial charge in [-0.05, 0) is 49.1 Å². The standard InChI is InChI=1S/C22H18BrClN2O3/c23-13-5-3-4-12(10-13)19-18-20(27)15-11-14(24)7-8-16(15)29-21(18)22(28)26(19)17-6-1-2-9-25-17/h1-6,9-10,14-16,19H,7-8,11H2. The lowest BCUT2D eigenvalue weighted by Crippen LogP contribution is -2.41. The van der Waals surface area contributed by atoms with Crippen molar-refractivity contribution >= 4 is 45.0 Å². The topological polar surface area (TPSA) is 59.5 Å². The molecule has 1 saturated carbocycles. The van der Waals surface area contributed by atoms with Crippen LogP contribution < -0.4 is 4.90 Å². The fourth-order valence-corrected chi connectivity index (χ4v) is 5.28. The summed E-state index contributed by atoms with van der Waals surface area (Å²) < 4.78 is 7.02. The first kappa shape index (κ1) is 18.8. The molecule has 3 aliphatic rings. The van der Waals surface area contributed by atoms with Crippen LogP contribution >= 0.6 is 27.5 Å². The van der Waals surface area contributed by atoms with Crippen LogP contribution in [-0.4, -0.2) is 28.2 Å². The van der Waals surface area contributed by atoms with Crippen LogP contribution in [0.4, 0.5) is 5.82 Å². The Morgan fingerprint density at radius 1 is 1.14 bits per heavy atom. The van der Waals surface area contributed by atoms with Crippen molar-refractivity contribution in [3.63, 3.8) is 0 Å². The van der Waals surface area contributed by atoms with Gasteiger partial charge in [0.25, 0.3) is 5.91 Å². The minimum atomic E-state index is -0.575. The second-order valence-corrected chi connectivity index (χ2v) is 9.13. The van der Waals surface area contributed by atoms with Crippen LogP contribution in [-0.2, 0) is 14.3 Å². The second kappa shape index (κ2) is 7.26. The molecule has 29 heavy (non-hydrogen) atoms. The van der Waals surface area contributed by atoms with E-state index in [0.717, 1.165) is 16.5 Å². The van der Waals surface area contributed by atoms with Gasteiger partial charge in [-0.3, -0.25) is 14.5 Å². The number of pyridine rings is 1. The summed E-state index contributed by atoms with van der Waals surface area (Å²) in [6, 6.07) is 12.5. The predicted molar refractivity (Wildman–Crippen MR) is 112 cm³/mol. The minimum absolute atomic E-state index is 0.0293. The number of fused-ring (bicyclic) bond motifs is 1. The zero-order valence-electron chi connectivity index (χ0n) is 15.4. The molecule has 5 rings (SSSR count). The number of nitrogens with zero attached hydrogens (tertiary/aromatic N) is 2. The highest BCUT2D eigenvalue weighted by Gasteiger charge is 2.53. The second-order valence-electron chi connectivity index (χ2n) is 7.60. The van der Waals surface area contributed by atoms with Gasteiger partial charge in [0, 0.05) is 16.0 Å². The monoisotopic (exact) mass is 472 g/mol. The molecule has 5 nitrogen and oxygen atoms in total. The molecular weight excluding hydrogens is 456 g/mol. The van der Waals surface area contributed by atoms with Crippen molar-refractivity contribution < 1.29 is 14.3 Å². The van der Waals surface area contributed by atoms with Gasteiger partial charge in [0.1, 0.15) is 11.9 Å². The zero-order chi connectivity index (χ0) is 20.1. The van der Waals surface area contributed by atoms with Crippen molar-refractivity contribution in [3.8, 4) is 0 Å². The highest BCUT2D eigenvalue weighted by atomic mass is 79.9. The van der Waals surface area contributed by atoms with Crippen molar-refractivity contribution in [1.29, 1.82) is 0 Å². The first-order chi connectivity index (χ1) is 14.0. The average molecular weight is 474 g/mol. The number of ether oxygens (including phenoxy) is 1.